The molecule has 1 aliphatic rings. The van der Waals surface area contributed by atoms with E-state index in [1.165, 1.54) is 44.2 Å². The van der Waals surface area contributed by atoms with E-state index in [0.29, 0.717) is 17.5 Å². The van der Waals surface area contributed by atoms with Crippen molar-refractivity contribution >= 4 is 10.8 Å². The Labute approximate surface area is 309 Å². The minimum Gasteiger partial charge on any atom is -0.208 e. The quantitative estimate of drug-likeness (QED) is 0.176. The molecule has 1 aromatic heterocycles. The van der Waals surface area contributed by atoms with Crippen molar-refractivity contribution in [2.45, 2.75) is 5.41 Å². The summed E-state index contributed by atoms with van der Waals surface area (Å²) in [7, 11) is 0. The molecule has 1 heterocycles. The largest absolute Gasteiger partial charge is 0.208 e. The standard InChI is InChI=1S/C50H33N3/c1-4-17-36(18-5-1)47-51-48(37-19-6-2-7-20-37)53-49(52-47)42-25-13-12-23-40(42)35-28-31-39(32-29-35)50(38-21-8-3-9-22-38)44-27-15-14-26-43(44)46-41-24-11-10-16-34(41)30-33-45(46)50/h1-33H. The Kier molecular flexibility index (Phi) is 7.36. The van der Waals surface area contributed by atoms with E-state index in [2.05, 4.69) is 140 Å². The Morgan fingerprint density at radius 1 is 0.302 bits per heavy atom. The van der Waals surface area contributed by atoms with Gasteiger partial charge in [-0.05, 0) is 55.3 Å². The number of fused-ring (bicyclic) bond motifs is 5. The van der Waals surface area contributed by atoms with E-state index in [1.54, 1.807) is 0 Å². The summed E-state index contributed by atoms with van der Waals surface area (Å²) in [6.45, 7) is 0. The molecule has 1 atom stereocenters. The Balaban J connectivity index is 1.15. The van der Waals surface area contributed by atoms with Gasteiger partial charge >= 0.3 is 0 Å². The highest BCUT2D eigenvalue weighted by Crippen LogP contribution is 2.57. The average molecular weight is 676 g/mol. The van der Waals surface area contributed by atoms with Crippen molar-refractivity contribution in [2.75, 3.05) is 0 Å². The number of nitrogens with zero attached hydrogens (tertiary/aromatic N) is 3. The van der Waals surface area contributed by atoms with Crippen molar-refractivity contribution < 1.29 is 0 Å². The van der Waals surface area contributed by atoms with Gasteiger partial charge in [0.05, 0.1) is 5.41 Å². The third-order valence-electron chi connectivity index (χ3n) is 10.6. The molecule has 3 nitrogen and oxygen atoms in total. The number of aromatic nitrogens is 3. The van der Waals surface area contributed by atoms with Gasteiger partial charge in [-0.1, -0.05) is 200 Å². The Hall–Kier alpha value is -6.97. The van der Waals surface area contributed by atoms with Crippen molar-refractivity contribution in [3.63, 3.8) is 0 Å². The van der Waals surface area contributed by atoms with Crippen LogP contribution in [0.5, 0.6) is 0 Å². The van der Waals surface area contributed by atoms with Gasteiger partial charge < -0.3 is 0 Å². The first-order valence-electron chi connectivity index (χ1n) is 18.0. The van der Waals surface area contributed by atoms with Crippen molar-refractivity contribution in [1.29, 1.82) is 0 Å². The van der Waals surface area contributed by atoms with Crippen LogP contribution in [-0.2, 0) is 5.41 Å². The minimum absolute atomic E-state index is 0.487. The van der Waals surface area contributed by atoms with Gasteiger partial charge in [0.25, 0.3) is 0 Å². The van der Waals surface area contributed by atoms with Crippen LogP contribution in [-0.4, -0.2) is 15.0 Å². The molecular formula is C50H33N3. The summed E-state index contributed by atoms with van der Waals surface area (Å²) in [5.74, 6) is 1.94. The van der Waals surface area contributed by atoms with Crippen LogP contribution in [0, 0.1) is 0 Å². The lowest BCUT2D eigenvalue weighted by atomic mass is 9.67. The molecule has 0 aliphatic heterocycles. The second-order valence-electron chi connectivity index (χ2n) is 13.5. The highest BCUT2D eigenvalue weighted by atomic mass is 15.0. The summed E-state index contributed by atoms with van der Waals surface area (Å²) in [5.41, 5.74) is 12.2. The molecule has 53 heavy (non-hydrogen) atoms. The fraction of sp³-hybridized carbons (Fsp3) is 0.0200. The van der Waals surface area contributed by atoms with Crippen LogP contribution in [0.3, 0.4) is 0 Å². The first-order chi connectivity index (χ1) is 26.3. The SMILES string of the molecule is c1ccc(-c2nc(-c3ccccc3)nc(-c3ccccc3-c3ccc(C4(c5ccccc5)c5ccccc5-c5c4ccc4ccccc54)cc3)n2)cc1. The molecule has 9 aromatic rings. The Bertz CT molecular complexity index is 2700. The van der Waals surface area contributed by atoms with Gasteiger partial charge in [-0.3, -0.25) is 0 Å². The summed E-state index contributed by atoms with van der Waals surface area (Å²) in [6, 6.07) is 71.2. The summed E-state index contributed by atoms with van der Waals surface area (Å²) in [5, 5.41) is 2.53. The molecule has 0 N–H and O–H groups in total. The highest BCUT2D eigenvalue weighted by molar-refractivity contribution is 6.04. The lowest BCUT2D eigenvalue weighted by Crippen LogP contribution is -2.28. The second kappa shape index (κ2) is 12.7. The summed E-state index contributed by atoms with van der Waals surface area (Å²) >= 11 is 0. The van der Waals surface area contributed by atoms with E-state index >= 15 is 0 Å². The van der Waals surface area contributed by atoms with Crippen LogP contribution in [0.25, 0.3) is 67.2 Å². The molecule has 248 valence electrons. The first kappa shape index (κ1) is 30.8. The zero-order chi connectivity index (χ0) is 35.2. The number of rotatable bonds is 6. The van der Waals surface area contributed by atoms with Gasteiger partial charge in [0.2, 0.25) is 0 Å². The van der Waals surface area contributed by atoms with Crippen LogP contribution in [0.1, 0.15) is 22.3 Å². The van der Waals surface area contributed by atoms with E-state index in [9.17, 15) is 0 Å². The molecule has 3 heteroatoms. The van der Waals surface area contributed by atoms with E-state index in [-0.39, 0.29) is 0 Å². The van der Waals surface area contributed by atoms with Gasteiger partial charge in [-0.2, -0.15) is 0 Å². The smallest absolute Gasteiger partial charge is 0.164 e. The first-order valence-corrected chi connectivity index (χ1v) is 18.0. The third kappa shape index (κ3) is 5.01. The monoisotopic (exact) mass is 675 g/mol. The molecule has 0 saturated carbocycles. The molecular weight excluding hydrogens is 643 g/mol. The van der Waals surface area contributed by atoms with E-state index < -0.39 is 5.41 Å². The lowest BCUT2D eigenvalue weighted by Gasteiger charge is -2.34. The van der Waals surface area contributed by atoms with E-state index in [1.807, 2.05) is 60.7 Å². The molecule has 0 bridgehead atoms. The normalized spacial score (nSPS) is 14.5. The van der Waals surface area contributed by atoms with Crippen molar-refractivity contribution in [3.8, 4) is 56.4 Å². The summed E-state index contributed by atoms with van der Waals surface area (Å²) in [6.07, 6.45) is 0. The minimum atomic E-state index is -0.487. The molecule has 0 radical (unpaired) electrons. The Morgan fingerprint density at radius 2 is 0.811 bits per heavy atom. The van der Waals surface area contributed by atoms with E-state index in [0.717, 1.165) is 27.8 Å². The maximum atomic E-state index is 5.07. The predicted octanol–water partition coefficient (Wildman–Crippen LogP) is 12.1. The maximum absolute atomic E-state index is 5.07. The van der Waals surface area contributed by atoms with Gasteiger partial charge in [0.1, 0.15) is 0 Å². The summed E-state index contributed by atoms with van der Waals surface area (Å²) < 4.78 is 0. The fourth-order valence-corrected chi connectivity index (χ4v) is 8.28. The van der Waals surface area contributed by atoms with Crippen molar-refractivity contribution in [2.24, 2.45) is 0 Å². The second-order valence-corrected chi connectivity index (χ2v) is 13.5. The molecule has 1 aliphatic carbocycles. The van der Waals surface area contributed by atoms with Gasteiger partial charge in [0.15, 0.2) is 17.5 Å². The maximum Gasteiger partial charge on any atom is 0.164 e. The number of hydrogen-bond donors (Lipinski definition) is 0. The molecule has 0 saturated heterocycles. The summed E-state index contributed by atoms with van der Waals surface area (Å²) in [4.78, 5) is 15.1. The Morgan fingerprint density at radius 3 is 1.49 bits per heavy atom. The topological polar surface area (TPSA) is 38.7 Å². The predicted molar refractivity (Wildman–Crippen MR) is 216 cm³/mol. The highest BCUT2D eigenvalue weighted by Gasteiger charge is 2.46. The zero-order valence-corrected chi connectivity index (χ0v) is 28.9. The van der Waals surface area contributed by atoms with Crippen LogP contribution in [0.2, 0.25) is 0 Å². The zero-order valence-electron chi connectivity index (χ0n) is 28.9. The van der Waals surface area contributed by atoms with Crippen LogP contribution in [0.4, 0.5) is 0 Å². The van der Waals surface area contributed by atoms with Crippen LogP contribution >= 0.6 is 0 Å². The molecule has 1 unspecified atom stereocenters. The number of benzene rings is 8. The fourth-order valence-electron chi connectivity index (χ4n) is 8.28. The van der Waals surface area contributed by atoms with Crippen molar-refractivity contribution in [3.05, 3.63) is 222 Å². The molecule has 8 aromatic carbocycles. The molecule has 0 amide bonds. The average Bonchev–Trinajstić information content (AvgIpc) is 3.56. The lowest BCUT2D eigenvalue weighted by molar-refractivity contribution is 0.769. The van der Waals surface area contributed by atoms with Crippen molar-refractivity contribution in [1.82, 2.24) is 15.0 Å². The van der Waals surface area contributed by atoms with E-state index in [4.69, 9.17) is 15.0 Å². The number of hydrogen-bond acceptors (Lipinski definition) is 3. The van der Waals surface area contributed by atoms with Crippen LogP contribution in [0.15, 0.2) is 200 Å². The molecule has 0 spiro atoms. The van der Waals surface area contributed by atoms with Gasteiger partial charge in [-0.15, -0.1) is 0 Å². The third-order valence-corrected chi connectivity index (χ3v) is 10.6. The molecule has 10 rings (SSSR count). The van der Waals surface area contributed by atoms with Gasteiger partial charge in [-0.25, -0.2) is 15.0 Å². The van der Waals surface area contributed by atoms with Crippen LogP contribution < -0.4 is 0 Å². The molecule has 0 fully saturated rings. The van der Waals surface area contributed by atoms with Gasteiger partial charge in [0, 0.05) is 16.7 Å².